The molecule has 78 valence electrons. The summed E-state index contributed by atoms with van der Waals surface area (Å²) >= 11 is 0. The molecule has 1 aromatic carbocycles. The molecule has 1 rings (SSSR count). The molecule has 0 amide bonds. The lowest BCUT2D eigenvalue weighted by atomic mass is 10.1. The normalized spacial score (nSPS) is 9.20. The third-order valence-corrected chi connectivity index (χ3v) is 1.75. The third-order valence-electron chi connectivity index (χ3n) is 1.75. The maximum atomic E-state index is 13.2. The Kier molecular flexibility index (Phi) is 3.83. The van der Waals surface area contributed by atoms with Crippen LogP contribution in [0.15, 0.2) is 18.2 Å². The molecule has 0 saturated heterocycles. The van der Waals surface area contributed by atoms with Gasteiger partial charge in [0.15, 0.2) is 0 Å². The molecule has 0 aromatic heterocycles. The molecule has 0 aliphatic rings. The number of hydrogen-bond acceptors (Lipinski definition) is 2. The molecule has 3 nitrogen and oxygen atoms in total. The molecule has 0 radical (unpaired) electrons. The molecule has 0 saturated carbocycles. The van der Waals surface area contributed by atoms with Crippen LogP contribution in [-0.4, -0.2) is 11.1 Å². The van der Waals surface area contributed by atoms with Gasteiger partial charge in [-0.15, -0.1) is 0 Å². The zero-order chi connectivity index (χ0) is 11.3. The number of carbonyl (C=O) groups is 1. The van der Waals surface area contributed by atoms with Crippen molar-refractivity contribution in [3.05, 3.63) is 35.1 Å². The standard InChI is InChI=1S/C11H10FNO2/c12-10-6-8(2-1-3-11(14)15)4-5-9(10)7-13/h4-6H,3,7,13H2,(H,14,15). The zero-order valence-electron chi connectivity index (χ0n) is 7.96. The van der Waals surface area contributed by atoms with Gasteiger partial charge >= 0.3 is 5.97 Å². The van der Waals surface area contributed by atoms with Crippen molar-refractivity contribution >= 4 is 5.97 Å². The van der Waals surface area contributed by atoms with Gasteiger partial charge in [-0.1, -0.05) is 17.9 Å². The smallest absolute Gasteiger partial charge is 0.315 e. The van der Waals surface area contributed by atoms with Gasteiger partial charge in [-0.05, 0) is 12.1 Å². The Hall–Kier alpha value is -1.86. The summed E-state index contributed by atoms with van der Waals surface area (Å²) < 4.78 is 13.2. The topological polar surface area (TPSA) is 63.3 Å². The maximum Gasteiger partial charge on any atom is 0.315 e. The van der Waals surface area contributed by atoms with E-state index in [4.69, 9.17) is 10.8 Å². The van der Waals surface area contributed by atoms with E-state index < -0.39 is 11.8 Å². The van der Waals surface area contributed by atoms with E-state index in [1.807, 2.05) is 0 Å². The highest BCUT2D eigenvalue weighted by Gasteiger charge is 1.99. The summed E-state index contributed by atoms with van der Waals surface area (Å²) in [5.41, 5.74) is 6.15. The lowest BCUT2D eigenvalue weighted by molar-refractivity contribution is -0.135. The van der Waals surface area contributed by atoms with Gasteiger partial charge in [-0.2, -0.15) is 0 Å². The summed E-state index contributed by atoms with van der Waals surface area (Å²) in [7, 11) is 0. The predicted molar refractivity (Wildman–Crippen MR) is 53.4 cm³/mol. The van der Waals surface area contributed by atoms with Crippen LogP contribution in [-0.2, 0) is 11.3 Å². The van der Waals surface area contributed by atoms with Crippen molar-refractivity contribution in [3.8, 4) is 11.8 Å². The minimum atomic E-state index is -0.999. The van der Waals surface area contributed by atoms with Gasteiger partial charge < -0.3 is 10.8 Å². The summed E-state index contributed by atoms with van der Waals surface area (Å²) in [5.74, 6) is 3.56. The van der Waals surface area contributed by atoms with Gasteiger partial charge in [0, 0.05) is 17.7 Å². The second-order valence-corrected chi connectivity index (χ2v) is 2.88. The molecule has 0 aliphatic carbocycles. The Morgan fingerprint density at radius 2 is 2.27 bits per heavy atom. The molecule has 3 N–H and O–H groups in total. The van der Waals surface area contributed by atoms with Gasteiger partial charge in [-0.3, -0.25) is 4.79 Å². The number of aliphatic carboxylic acids is 1. The minimum absolute atomic E-state index is 0.134. The number of carboxylic acids is 1. The monoisotopic (exact) mass is 207 g/mol. The van der Waals surface area contributed by atoms with E-state index in [2.05, 4.69) is 11.8 Å². The molecule has 0 spiro atoms. The van der Waals surface area contributed by atoms with Gasteiger partial charge in [0.25, 0.3) is 0 Å². The molecule has 0 fully saturated rings. The van der Waals surface area contributed by atoms with Crippen LogP contribution in [0.4, 0.5) is 4.39 Å². The summed E-state index contributed by atoms with van der Waals surface area (Å²) in [6.45, 7) is 0.134. The van der Waals surface area contributed by atoms with Gasteiger partial charge in [0.1, 0.15) is 12.2 Å². The number of hydrogen-bond donors (Lipinski definition) is 2. The first-order valence-corrected chi connectivity index (χ1v) is 4.32. The van der Waals surface area contributed by atoms with Gasteiger partial charge in [0.2, 0.25) is 0 Å². The van der Waals surface area contributed by atoms with Crippen molar-refractivity contribution in [2.45, 2.75) is 13.0 Å². The minimum Gasteiger partial charge on any atom is -0.481 e. The Morgan fingerprint density at radius 1 is 1.53 bits per heavy atom. The highest BCUT2D eigenvalue weighted by Crippen LogP contribution is 2.08. The van der Waals surface area contributed by atoms with E-state index in [0.29, 0.717) is 11.1 Å². The Bertz CT molecular complexity index is 432. The molecule has 0 aliphatic heterocycles. The van der Waals surface area contributed by atoms with Gasteiger partial charge in [0.05, 0.1) is 0 Å². The van der Waals surface area contributed by atoms with Crippen LogP contribution in [0, 0.1) is 17.7 Å². The van der Waals surface area contributed by atoms with Crippen LogP contribution in [0.5, 0.6) is 0 Å². The van der Waals surface area contributed by atoms with Gasteiger partial charge in [-0.25, -0.2) is 4.39 Å². The Labute approximate surface area is 86.7 Å². The van der Waals surface area contributed by atoms with Crippen molar-refractivity contribution in [3.63, 3.8) is 0 Å². The molecule has 0 unspecified atom stereocenters. The van der Waals surface area contributed by atoms with Crippen molar-refractivity contribution in [2.75, 3.05) is 0 Å². The Balaban J connectivity index is 2.82. The zero-order valence-corrected chi connectivity index (χ0v) is 7.96. The second kappa shape index (κ2) is 5.13. The number of carboxylic acid groups (broad SMARTS) is 1. The van der Waals surface area contributed by atoms with Crippen LogP contribution >= 0.6 is 0 Å². The fourth-order valence-corrected chi connectivity index (χ4v) is 1.01. The van der Waals surface area contributed by atoms with Crippen LogP contribution in [0.1, 0.15) is 17.5 Å². The molecular formula is C11H10FNO2. The lowest BCUT2D eigenvalue weighted by Gasteiger charge is -1.98. The molecule has 0 bridgehead atoms. The molecule has 1 aromatic rings. The Morgan fingerprint density at radius 3 is 2.80 bits per heavy atom. The summed E-state index contributed by atoms with van der Waals surface area (Å²) in [6, 6.07) is 4.40. The van der Waals surface area contributed by atoms with Crippen molar-refractivity contribution in [1.82, 2.24) is 0 Å². The van der Waals surface area contributed by atoms with E-state index in [1.54, 1.807) is 12.1 Å². The molecule has 0 atom stereocenters. The van der Waals surface area contributed by atoms with Crippen LogP contribution in [0.25, 0.3) is 0 Å². The summed E-state index contributed by atoms with van der Waals surface area (Å²) in [5, 5.41) is 8.34. The quantitative estimate of drug-likeness (QED) is 0.714. The average Bonchev–Trinajstić information content (AvgIpc) is 2.17. The third kappa shape index (κ3) is 3.41. The molecular weight excluding hydrogens is 197 g/mol. The first-order valence-electron chi connectivity index (χ1n) is 4.32. The van der Waals surface area contributed by atoms with Crippen molar-refractivity contribution in [2.24, 2.45) is 5.73 Å². The number of rotatable bonds is 2. The fourth-order valence-electron chi connectivity index (χ4n) is 1.01. The number of nitrogens with two attached hydrogens (primary N) is 1. The van der Waals surface area contributed by atoms with Crippen molar-refractivity contribution < 1.29 is 14.3 Å². The fraction of sp³-hybridized carbons (Fsp3) is 0.182. The SMILES string of the molecule is NCc1ccc(C#CCC(=O)O)cc1F. The maximum absolute atomic E-state index is 13.2. The van der Waals surface area contributed by atoms with E-state index in [9.17, 15) is 9.18 Å². The van der Waals surface area contributed by atoms with Crippen LogP contribution in [0.3, 0.4) is 0 Å². The summed E-state index contributed by atoms with van der Waals surface area (Å²) in [4.78, 5) is 10.2. The molecule has 0 heterocycles. The highest BCUT2D eigenvalue weighted by atomic mass is 19.1. The second-order valence-electron chi connectivity index (χ2n) is 2.88. The summed E-state index contributed by atoms with van der Waals surface area (Å²) in [6.07, 6.45) is -0.250. The van der Waals surface area contributed by atoms with E-state index in [1.165, 1.54) is 6.07 Å². The first-order chi connectivity index (χ1) is 7.13. The largest absolute Gasteiger partial charge is 0.481 e. The predicted octanol–water partition coefficient (Wildman–Crippen LogP) is 1.11. The van der Waals surface area contributed by atoms with E-state index >= 15 is 0 Å². The first kappa shape index (κ1) is 11.2. The van der Waals surface area contributed by atoms with E-state index in [0.717, 1.165) is 0 Å². The number of halogens is 1. The van der Waals surface area contributed by atoms with Crippen LogP contribution in [0.2, 0.25) is 0 Å². The number of benzene rings is 1. The van der Waals surface area contributed by atoms with E-state index in [-0.39, 0.29) is 13.0 Å². The lowest BCUT2D eigenvalue weighted by Crippen LogP contribution is -1.99. The highest BCUT2D eigenvalue weighted by molar-refractivity contribution is 5.70. The van der Waals surface area contributed by atoms with Crippen LogP contribution < -0.4 is 5.73 Å². The average molecular weight is 207 g/mol. The molecule has 15 heavy (non-hydrogen) atoms. The molecule has 4 heteroatoms. The van der Waals surface area contributed by atoms with Crippen molar-refractivity contribution in [1.29, 1.82) is 0 Å².